The van der Waals surface area contributed by atoms with Crippen LogP contribution in [0.2, 0.25) is 0 Å². The first-order valence-electron chi connectivity index (χ1n) is 26.3. The van der Waals surface area contributed by atoms with Gasteiger partial charge in [0.15, 0.2) is 36.7 Å². The van der Waals surface area contributed by atoms with Crippen molar-refractivity contribution < 1.29 is 86.2 Å². The molecular formula is C54H86N2O18. The number of methoxy groups -OCH3 is 2. The van der Waals surface area contributed by atoms with Crippen molar-refractivity contribution in [3.8, 4) is 0 Å². The Kier molecular flexibility index (Phi) is 19.5. The average molecular weight is 1050 g/mol. The monoisotopic (exact) mass is 1050 g/mol. The van der Waals surface area contributed by atoms with E-state index in [1.165, 1.54) is 14.2 Å². The molecule has 1 aromatic carbocycles. The number of hydrogen-bond donors (Lipinski definition) is 2. The van der Waals surface area contributed by atoms with Gasteiger partial charge in [-0.1, -0.05) is 45.9 Å². The molecular weight excluding hydrogens is 965 g/mol. The number of ether oxygens (including phenoxy) is 12. The van der Waals surface area contributed by atoms with Crippen molar-refractivity contribution in [2.75, 3.05) is 42.4 Å². The number of rotatable bonds is 13. The molecule has 420 valence electrons. The van der Waals surface area contributed by atoms with Gasteiger partial charge in [0.1, 0.15) is 24.1 Å². The maximum atomic E-state index is 14.9. The van der Waals surface area contributed by atoms with Crippen LogP contribution in [0.3, 0.4) is 0 Å². The number of fused-ring (bicyclic) bond motifs is 1. The normalized spacial score (nSPS) is 44.7. The van der Waals surface area contributed by atoms with Crippen molar-refractivity contribution in [2.24, 2.45) is 23.7 Å². The molecule has 0 unspecified atom stereocenters. The van der Waals surface area contributed by atoms with E-state index >= 15 is 0 Å². The third-order valence-corrected chi connectivity index (χ3v) is 16.6. The summed E-state index contributed by atoms with van der Waals surface area (Å²) in [6.45, 7) is 19.4. The Balaban J connectivity index is 1.39. The first kappa shape index (κ1) is 59.9. The van der Waals surface area contributed by atoms with Crippen LogP contribution in [0.15, 0.2) is 30.3 Å². The van der Waals surface area contributed by atoms with Crippen molar-refractivity contribution in [1.29, 1.82) is 0 Å². The van der Waals surface area contributed by atoms with Crippen LogP contribution >= 0.6 is 0 Å². The Morgan fingerprint density at radius 3 is 1.95 bits per heavy atom. The van der Waals surface area contributed by atoms with Crippen molar-refractivity contribution in [2.45, 2.75) is 217 Å². The van der Waals surface area contributed by atoms with E-state index in [2.05, 4.69) is 0 Å². The molecule has 5 aliphatic heterocycles. The summed E-state index contributed by atoms with van der Waals surface area (Å²) >= 11 is 0. The van der Waals surface area contributed by atoms with Gasteiger partial charge in [-0.25, -0.2) is 9.59 Å². The summed E-state index contributed by atoms with van der Waals surface area (Å²) in [5.74, 6) is -5.05. The highest BCUT2D eigenvalue weighted by Gasteiger charge is 2.60. The van der Waals surface area contributed by atoms with Crippen LogP contribution in [0.4, 0.5) is 4.79 Å². The van der Waals surface area contributed by atoms with Gasteiger partial charge in [-0.05, 0) is 108 Å². The minimum atomic E-state index is -1.53. The highest BCUT2D eigenvalue weighted by Crippen LogP contribution is 2.45. The Morgan fingerprint density at radius 1 is 0.730 bits per heavy atom. The Labute approximate surface area is 437 Å². The van der Waals surface area contributed by atoms with Gasteiger partial charge in [-0.3, -0.25) is 9.59 Å². The van der Waals surface area contributed by atoms with Gasteiger partial charge in [0.2, 0.25) is 0 Å². The lowest BCUT2D eigenvalue weighted by molar-refractivity contribution is -0.354. The highest BCUT2D eigenvalue weighted by atomic mass is 16.8. The zero-order chi connectivity index (χ0) is 54.9. The van der Waals surface area contributed by atoms with Gasteiger partial charge in [0.25, 0.3) is 0 Å². The average Bonchev–Trinajstić information content (AvgIpc) is 3.67. The second-order valence-corrected chi connectivity index (χ2v) is 22.5. The molecule has 0 spiro atoms. The van der Waals surface area contributed by atoms with E-state index in [1.807, 2.05) is 46.7 Å². The van der Waals surface area contributed by atoms with E-state index in [9.17, 15) is 29.4 Å². The predicted octanol–water partition coefficient (Wildman–Crippen LogP) is 4.91. The van der Waals surface area contributed by atoms with Crippen LogP contribution in [0.5, 0.6) is 0 Å². The number of hydrogen-bond acceptors (Lipinski definition) is 20. The van der Waals surface area contributed by atoms with E-state index in [4.69, 9.17) is 56.8 Å². The first-order chi connectivity index (χ1) is 34.6. The lowest BCUT2D eigenvalue weighted by atomic mass is 9.74. The van der Waals surface area contributed by atoms with Gasteiger partial charge < -0.3 is 76.9 Å². The zero-order valence-electron chi connectivity index (χ0n) is 46.6. The molecule has 0 bridgehead atoms. The van der Waals surface area contributed by atoms with E-state index in [0.717, 1.165) is 0 Å². The molecule has 5 fully saturated rings. The van der Waals surface area contributed by atoms with Crippen LogP contribution in [0, 0.1) is 23.7 Å². The van der Waals surface area contributed by atoms with Crippen LogP contribution in [-0.4, -0.2) is 201 Å². The molecule has 0 radical (unpaired) electrons. The van der Waals surface area contributed by atoms with Gasteiger partial charge in [-0.2, -0.15) is 0 Å². The molecule has 5 saturated heterocycles. The van der Waals surface area contributed by atoms with Gasteiger partial charge in [-0.15, -0.1) is 0 Å². The number of esters is 2. The van der Waals surface area contributed by atoms with Gasteiger partial charge in [0.05, 0.1) is 71.3 Å². The summed E-state index contributed by atoms with van der Waals surface area (Å²) in [6, 6.07) is 7.44. The van der Waals surface area contributed by atoms with E-state index < -0.39 is 145 Å². The molecule has 1 aromatic rings. The number of aliphatic hydroxyl groups excluding tert-OH is 2. The van der Waals surface area contributed by atoms with Gasteiger partial charge in [0, 0.05) is 38.5 Å². The summed E-state index contributed by atoms with van der Waals surface area (Å²) < 4.78 is 77.1. The molecule has 74 heavy (non-hydrogen) atoms. The fourth-order valence-electron chi connectivity index (χ4n) is 12.2. The largest absolute Gasteiger partial charge is 0.509 e. The number of nitrogens with zero attached hydrogens (tertiary/aromatic N) is 2. The third kappa shape index (κ3) is 12.3. The molecule has 20 nitrogen and oxygen atoms in total. The number of carbonyl (C=O) groups is 4. The number of aliphatic hydroxyl groups is 2. The Morgan fingerprint density at radius 2 is 1.35 bits per heavy atom. The first-order valence-corrected chi connectivity index (χ1v) is 26.3. The number of benzene rings is 1. The van der Waals surface area contributed by atoms with Crippen molar-refractivity contribution in [1.82, 2.24) is 9.80 Å². The van der Waals surface area contributed by atoms with Crippen LogP contribution in [0.25, 0.3) is 0 Å². The van der Waals surface area contributed by atoms with E-state index in [1.54, 1.807) is 97.8 Å². The minimum absolute atomic E-state index is 0.0353. The molecule has 0 amide bonds. The van der Waals surface area contributed by atoms with E-state index in [0.29, 0.717) is 12.0 Å². The lowest BCUT2D eigenvalue weighted by Gasteiger charge is -2.52. The molecule has 0 saturated carbocycles. The van der Waals surface area contributed by atoms with Crippen LogP contribution < -0.4 is 0 Å². The molecule has 2 N–H and O–H groups in total. The highest BCUT2D eigenvalue weighted by molar-refractivity contribution is 5.89. The molecule has 0 aliphatic carbocycles. The summed E-state index contributed by atoms with van der Waals surface area (Å²) in [6.07, 6.45) is -13.9. The lowest BCUT2D eigenvalue weighted by Crippen LogP contribution is -2.66. The SMILES string of the molecule is CC[C@H]1OC(=O)[C@H](C)[C@@H](O[C@H]2C[C@@](C)(OC)[C@@H](O[C@@H]3O[C@H](C)[C@@H](O)[C@H](N(C)C)[C@H]3OC(=O)c3ccccc3)[C@H](C)O2)[C@H](C)[C@@H](O[C@@H]2O[C@H](C)C[C@H](N(C)C)[C@H]2O)[C@](C)(OC)C[C@@H](C)C(=O)[C@H](C)[C@H]2OC(=O)O[C@@]21C. The number of carbonyl (C=O) groups excluding carboxylic acids is 4. The molecule has 0 aromatic heterocycles. The molecule has 5 aliphatic rings. The summed E-state index contributed by atoms with van der Waals surface area (Å²) in [5, 5.41) is 23.3. The smallest absolute Gasteiger partial charge is 0.458 e. The standard InChI is InChI=1S/C54H86N2O18/c1-18-36-54(11)45(73-51(62)74-54)29(4)39(57)27(2)25-52(9,63-16)44(71-49-41(59)35(55(12)13)24-28(3)65-49)30(5)42(31(6)47(60)68-36)69-37-26-53(10,64-17)46(33(8)66-37)72-50-43(38(56(14)15)40(58)32(7)67-50)70-48(61)34-22-20-19-21-23-34/h19-23,27-33,35-38,40-46,49-50,58-59H,18,24-26H2,1-17H3/t27-,28-,29+,30+,31-,32-,33+,35+,36-,37+,38+,40-,41-,42+,43-,44-,45-,46+,49+,50+,52-,53-,54-/m1/s1. The van der Waals surface area contributed by atoms with Gasteiger partial charge >= 0.3 is 18.1 Å². The van der Waals surface area contributed by atoms with E-state index in [-0.39, 0.29) is 37.2 Å². The van der Waals surface area contributed by atoms with Crippen molar-refractivity contribution in [3.63, 3.8) is 0 Å². The third-order valence-electron chi connectivity index (χ3n) is 16.6. The number of Topliss-reactive ketones (excluding diaryl/α,β-unsaturated/α-hetero) is 1. The fourth-order valence-corrected chi connectivity index (χ4v) is 12.2. The van der Waals surface area contributed by atoms with Crippen LogP contribution in [0.1, 0.15) is 112 Å². The quantitative estimate of drug-likeness (QED) is 0.198. The molecule has 6 rings (SSSR count). The fraction of sp³-hybridized carbons (Fsp3) is 0.815. The topological polar surface area (TPSA) is 226 Å². The minimum Gasteiger partial charge on any atom is -0.458 e. The number of likely N-dealkylation sites (N-methyl/N-ethyl adjacent to an activating group) is 2. The molecule has 23 atom stereocenters. The Hall–Kier alpha value is -3.38. The van der Waals surface area contributed by atoms with Crippen LogP contribution in [-0.2, 0) is 66.4 Å². The Bertz CT molecular complexity index is 2070. The number of ketones is 1. The summed E-state index contributed by atoms with van der Waals surface area (Å²) in [7, 11) is 10.3. The van der Waals surface area contributed by atoms with Crippen molar-refractivity contribution in [3.05, 3.63) is 35.9 Å². The molecule has 5 heterocycles. The zero-order valence-corrected chi connectivity index (χ0v) is 46.6. The summed E-state index contributed by atoms with van der Waals surface area (Å²) in [4.78, 5) is 59.8. The maximum absolute atomic E-state index is 14.9. The summed E-state index contributed by atoms with van der Waals surface area (Å²) in [5.41, 5.74) is -3.74. The van der Waals surface area contributed by atoms with Crippen molar-refractivity contribution >= 4 is 23.9 Å². The second-order valence-electron chi connectivity index (χ2n) is 22.5. The molecule has 20 heteroatoms. The second kappa shape index (κ2) is 24.1. The maximum Gasteiger partial charge on any atom is 0.509 e. The predicted molar refractivity (Wildman–Crippen MR) is 267 cm³/mol. The number of cyclic esters (lactones) is 1.